The highest BCUT2D eigenvalue weighted by Crippen LogP contribution is 2.32. The summed E-state index contributed by atoms with van der Waals surface area (Å²) in [5.74, 6) is 0.667. The molecule has 2 aromatic heterocycles. The molecule has 7 nitrogen and oxygen atoms in total. The molecule has 0 aliphatic carbocycles. The number of rotatable bonds is 4. The minimum atomic E-state index is 0.130. The molecule has 3 aromatic rings. The van der Waals surface area contributed by atoms with Crippen molar-refractivity contribution in [2.24, 2.45) is 0 Å². The number of hydrogen-bond acceptors (Lipinski definition) is 7. The molecule has 2 aliphatic heterocycles. The lowest BCUT2D eigenvalue weighted by Crippen LogP contribution is -2.51. The summed E-state index contributed by atoms with van der Waals surface area (Å²) in [7, 11) is 0. The van der Waals surface area contributed by atoms with Gasteiger partial charge in [-0.05, 0) is 50.8 Å². The molecule has 0 spiro atoms. The van der Waals surface area contributed by atoms with Crippen LogP contribution in [-0.2, 0) is 0 Å². The van der Waals surface area contributed by atoms with Gasteiger partial charge >= 0.3 is 0 Å². The van der Waals surface area contributed by atoms with E-state index in [9.17, 15) is 5.11 Å². The molecule has 5 rings (SSSR count). The monoisotopic (exact) mass is 403 g/mol. The third-order valence-electron chi connectivity index (χ3n) is 5.92. The van der Waals surface area contributed by atoms with Crippen LogP contribution in [-0.4, -0.2) is 43.5 Å². The minimum absolute atomic E-state index is 0.130. The molecule has 2 aliphatic rings. The van der Waals surface area contributed by atoms with E-state index in [-0.39, 0.29) is 11.9 Å². The second kappa shape index (κ2) is 7.99. The number of nitrogens with one attached hydrogen (secondary N) is 1. The van der Waals surface area contributed by atoms with Gasteiger partial charge in [0.2, 0.25) is 5.88 Å². The maximum atomic E-state index is 10.5. The molecular weight excluding hydrogens is 378 g/mol. The predicted octanol–water partition coefficient (Wildman–Crippen LogP) is 3.67. The molecule has 7 heteroatoms. The number of aromatic hydroxyl groups is 1. The molecule has 2 fully saturated rings. The van der Waals surface area contributed by atoms with Crippen LogP contribution in [0, 0.1) is 6.92 Å². The first kappa shape index (κ1) is 18.9. The van der Waals surface area contributed by atoms with Crippen LogP contribution in [0.4, 0.5) is 0 Å². The lowest BCUT2D eigenvalue weighted by molar-refractivity contribution is 0.0881. The molecule has 1 aromatic carbocycles. The molecule has 2 bridgehead atoms. The average Bonchev–Trinajstić information content (AvgIpc) is 2.74. The number of fused-ring (bicyclic) bond motifs is 2. The molecule has 2 saturated heterocycles. The van der Waals surface area contributed by atoms with E-state index in [1.807, 2.05) is 31.2 Å². The average molecular weight is 403 g/mol. The van der Waals surface area contributed by atoms with E-state index < -0.39 is 0 Å². The molecule has 30 heavy (non-hydrogen) atoms. The molecule has 2 atom stereocenters. The van der Waals surface area contributed by atoms with Crippen LogP contribution in [0.1, 0.15) is 37.8 Å². The number of phenols is 1. The normalized spacial score (nSPS) is 23.2. The van der Waals surface area contributed by atoms with Crippen molar-refractivity contribution < 1.29 is 9.84 Å². The van der Waals surface area contributed by atoms with Crippen molar-refractivity contribution in [3.05, 3.63) is 48.4 Å². The number of benzene rings is 1. The van der Waals surface area contributed by atoms with Gasteiger partial charge in [0.15, 0.2) is 0 Å². The second-order valence-corrected chi connectivity index (χ2v) is 8.24. The van der Waals surface area contributed by atoms with Crippen molar-refractivity contribution in [1.82, 2.24) is 25.5 Å². The number of phenolic OH excluding ortho intramolecular Hbond substituents is 1. The fourth-order valence-corrected chi connectivity index (χ4v) is 4.52. The number of aryl methyl sites for hydroxylation is 1. The first-order valence-corrected chi connectivity index (χ1v) is 10.5. The Balaban J connectivity index is 1.30. The van der Waals surface area contributed by atoms with Crippen LogP contribution in [0.15, 0.2) is 42.7 Å². The summed E-state index contributed by atoms with van der Waals surface area (Å²) in [6.07, 6.45) is 9.37. The standard InChI is InChI=1S/C23H25N5O2/c1-14-12-24-13-21(25-14)15-5-6-19(22(29)9-15)20-7-8-23(28-27-20)30-18-10-16-3-2-4-17(11-18)26-16/h5-9,12-13,16-18,26,29H,2-4,10-11H2,1H3. The van der Waals surface area contributed by atoms with Crippen molar-refractivity contribution in [3.63, 3.8) is 0 Å². The van der Waals surface area contributed by atoms with E-state index in [0.717, 1.165) is 29.8 Å². The molecule has 0 amide bonds. The minimum Gasteiger partial charge on any atom is -0.507 e. The van der Waals surface area contributed by atoms with E-state index in [1.165, 1.54) is 19.3 Å². The number of ether oxygens (including phenoxy) is 1. The Kier molecular flexibility index (Phi) is 5.04. The zero-order valence-corrected chi connectivity index (χ0v) is 17.0. The highest BCUT2D eigenvalue weighted by atomic mass is 16.5. The van der Waals surface area contributed by atoms with Gasteiger partial charge in [-0.15, -0.1) is 10.2 Å². The summed E-state index contributed by atoms with van der Waals surface area (Å²) in [6.45, 7) is 1.89. The first-order chi connectivity index (χ1) is 14.6. The lowest BCUT2D eigenvalue weighted by atomic mass is 9.85. The van der Waals surface area contributed by atoms with Crippen LogP contribution in [0.2, 0.25) is 0 Å². The van der Waals surface area contributed by atoms with Gasteiger partial charge in [-0.2, -0.15) is 0 Å². The molecule has 154 valence electrons. The molecule has 2 N–H and O–H groups in total. The van der Waals surface area contributed by atoms with E-state index >= 15 is 0 Å². The highest BCUT2D eigenvalue weighted by Gasteiger charge is 2.32. The SMILES string of the molecule is Cc1cncc(-c2ccc(-c3ccc(OC4CC5CCCC(C4)N5)nn3)c(O)c2)n1. The summed E-state index contributed by atoms with van der Waals surface area (Å²) in [5.41, 5.74) is 3.57. The van der Waals surface area contributed by atoms with Gasteiger partial charge in [-0.3, -0.25) is 4.98 Å². The Morgan fingerprint density at radius 1 is 1.00 bits per heavy atom. The Bertz CT molecular complexity index is 1030. The van der Waals surface area contributed by atoms with Crippen LogP contribution in [0.5, 0.6) is 11.6 Å². The Morgan fingerprint density at radius 3 is 2.53 bits per heavy atom. The third-order valence-corrected chi connectivity index (χ3v) is 5.92. The number of hydrogen-bond donors (Lipinski definition) is 2. The van der Waals surface area contributed by atoms with Gasteiger partial charge in [0.25, 0.3) is 0 Å². The van der Waals surface area contributed by atoms with Crippen molar-refractivity contribution in [3.8, 4) is 34.1 Å². The maximum absolute atomic E-state index is 10.5. The topological polar surface area (TPSA) is 93.0 Å². The molecule has 2 unspecified atom stereocenters. The van der Waals surface area contributed by atoms with Gasteiger partial charge < -0.3 is 15.2 Å². The fourth-order valence-electron chi connectivity index (χ4n) is 4.52. The van der Waals surface area contributed by atoms with Crippen LogP contribution in [0.25, 0.3) is 22.5 Å². The van der Waals surface area contributed by atoms with Gasteiger partial charge in [0.05, 0.1) is 23.3 Å². The molecular formula is C23H25N5O2. The number of nitrogens with zero attached hydrogens (tertiary/aromatic N) is 4. The van der Waals surface area contributed by atoms with Gasteiger partial charge in [-0.25, -0.2) is 4.98 Å². The Labute approximate surface area is 175 Å². The lowest BCUT2D eigenvalue weighted by Gasteiger charge is -2.39. The zero-order valence-electron chi connectivity index (χ0n) is 17.0. The Hall–Kier alpha value is -3.06. The van der Waals surface area contributed by atoms with Crippen molar-refractivity contribution in [2.45, 2.75) is 57.2 Å². The molecule has 0 saturated carbocycles. The van der Waals surface area contributed by atoms with Crippen LogP contribution in [0.3, 0.4) is 0 Å². The fraction of sp³-hybridized carbons (Fsp3) is 0.391. The summed E-state index contributed by atoms with van der Waals surface area (Å²) in [5, 5.41) is 22.8. The van der Waals surface area contributed by atoms with E-state index in [1.54, 1.807) is 18.5 Å². The quantitative estimate of drug-likeness (QED) is 0.686. The van der Waals surface area contributed by atoms with Gasteiger partial charge in [0, 0.05) is 35.5 Å². The van der Waals surface area contributed by atoms with Crippen molar-refractivity contribution in [1.29, 1.82) is 0 Å². The van der Waals surface area contributed by atoms with E-state index in [4.69, 9.17) is 4.74 Å². The number of piperidine rings is 2. The highest BCUT2D eigenvalue weighted by molar-refractivity contribution is 5.72. The summed E-state index contributed by atoms with van der Waals surface area (Å²) < 4.78 is 6.11. The van der Waals surface area contributed by atoms with Gasteiger partial charge in [-0.1, -0.05) is 12.5 Å². The zero-order chi connectivity index (χ0) is 20.5. The Morgan fingerprint density at radius 2 is 1.83 bits per heavy atom. The van der Waals surface area contributed by atoms with Crippen LogP contribution < -0.4 is 10.1 Å². The number of aromatic nitrogens is 4. The molecule has 4 heterocycles. The van der Waals surface area contributed by atoms with Crippen molar-refractivity contribution >= 4 is 0 Å². The van der Waals surface area contributed by atoms with Gasteiger partial charge in [0.1, 0.15) is 11.9 Å². The second-order valence-electron chi connectivity index (χ2n) is 8.24. The largest absolute Gasteiger partial charge is 0.507 e. The van der Waals surface area contributed by atoms with Crippen molar-refractivity contribution in [2.75, 3.05) is 0 Å². The van der Waals surface area contributed by atoms with Crippen LogP contribution >= 0.6 is 0 Å². The smallest absolute Gasteiger partial charge is 0.233 e. The summed E-state index contributed by atoms with van der Waals surface area (Å²) in [6, 6.07) is 10.2. The maximum Gasteiger partial charge on any atom is 0.233 e. The molecule has 0 radical (unpaired) electrons. The van der Waals surface area contributed by atoms with E-state index in [0.29, 0.717) is 29.2 Å². The third kappa shape index (κ3) is 3.98. The van der Waals surface area contributed by atoms with E-state index in [2.05, 4.69) is 25.5 Å². The summed E-state index contributed by atoms with van der Waals surface area (Å²) in [4.78, 5) is 8.61. The first-order valence-electron chi connectivity index (χ1n) is 10.5. The summed E-state index contributed by atoms with van der Waals surface area (Å²) >= 11 is 0. The predicted molar refractivity (Wildman–Crippen MR) is 113 cm³/mol.